The minimum Gasteiger partial charge on any atom is -0.461 e. The van der Waals surface area contributed by atoms with Gasteiger partial charge in [-0.25, -0.2) is 9.59 Å². The molecular formula is C15H27ClO7. The normalized spacial score (nSPS) is 14.0. The molecule has 2 unspecified atom stereocenters. The van der Waals surface area contributed by atoms with Crippen molar-refractivity contribution in [3.05, 3.63) is 0 Å². The van der Waals surface area contributed by atoms with Crippen molar-refractivity contribution in [3.8, 4) is 0 Å². The molecule has 0 spiro atoms. The second kappa shape index (κ2) is 11.5. The summed E-state index contributed by atoms with van der Waals surface area (Å²) in [7, 11) is 1.52. The van der Waals surface area contributed by atoms with E-state index in [4.69, 9.17) is 35.3 Å². The number of ether oxygens (including phenoxy) is 5. The number of halogens is 1. The lowest BCUT2D eigenvalue weighted by Gasteiger charge is -2.28. The zero-order valence-corrected chi connectivity index (χ0v) is 15.2. The second-order valence-corrected chi connectivity index (χ2v) is 5.74. The van der Waals surface area contributed by atoms with Crippen LogP contribution in [0.1, 0.15) is 34.1 Å². The molecule has 7 nitrogen and oxygen atoms in total. The van der Waals surface area contributed by atoms with E-state index in [-0.39, 0.29) is 19.1 Å². The zero-order valence-electron chi connectivity index (χ0n) is 14.4. The molecule has 23 heavy (non-hydrogen) atoms. The average Bonchev–Trinajstić information content (AvgIpc) is 2.51. The van der Waals surface area contributed by atoms with E-state index in [1.807, 2.05) is 6.92 Å². The van der Waals surface area contributed by atoms with Gasteiger partial charge < -0.3 is 23.7 Å². The topological polar surface area (TPSA) is 80.3 Å². The lowest BCUT2D eigenvalue weighted by atomic mass is 10.1. The van der Waals surface area contributed by atoms with Gasteiger partial charge in [-0.2, -0.15) is 0 Å². The Morgan fingerprint density at radius 3 is 2.35 bits per heavy atom. The Bertz CT molecular complexity index is 360. The predicted molar refractivity (Wildman–Crippen MR) is 84.7 cm³/mol. The van der Waals surface area contributed by atoms with Gasteiger partial charge in [0.05, 0.1) is 18.6 Å². The van der Waals surface area contributed by atoms with Crippen LogP contribution in [0.25, 0.3) is 0 Å². The van der Waals surface area contributed by atoms with E-state index in [1.54, 1.807) is 20.8 Å². The number of hydrogen-bond donors (Lipinski definition) is 0. The van der Waals surface area contributed by atoms with Crippen molar-refractivity contribution in [2.75, 3.05) is 32.8 Å². The molecule has 0 rings (SSSR count). The van der Waals surface area contributed by atoms with Gasteiger partial charge in [0, 0.05) is 7.11 Å². The predicted octanol–water partition coefficient (Wildman–Crippen LogP) is 2.53. The van der Waals surface area contributed by atoms with Crippen LogP contribution in [0.15, 0.2) is 0 Å². The summed E-state index contributed by atoms with van der Waals surface area (Å²) < 4.78 is 25.4. The Kier molecular flexibility index (Phi) is 11.0. The first-order chi connectivity index (χ1) is 10.8. The highest BCUT2D eigenvalue weighted by molar-refractivity contribution is 6.18. The number of alkyl halides is 1. The maximum Gasteiger partial charge on any atom is 0.508 e. The zero-order chi connectivity index (χ0) is 17.9. The highest BCUT2D eigenvalue weighted by atomic mass is 35.5. The monoisotopic (exact) mass is 354 g/mol. The molecule has 0 amide bonds. The van der Waals surface area contributed by atoms with Gasteiger partial charge in [0.2, 0.25) is 0 Å². The lowest BCUT2D eigenvalue weighted by molar-refractivity contribution is -0.178. The molecule has 8 heteroatoms. The minimum atomic E-state index is -1.16. The van der Waals surface area contributed by atoms with Crippen molar-refractivity contribution in [1.82, 2.24) is 0 Å². The fourth-order valence-corrected chi connectivity index (χ4v) is 1.55. The summed E-state index contributed by atoms with van der Waals surface area (Å²) in [6, 6.07) is 0. The Morgan fingerprint density at radius 1 is 1.17 bits per heavy atom. The van der Waals surface area contributed by atoms with Crippen molar-refractivity contribution < 1.29 is 33.3 Å². The van der Waals surface area contributed by atoms with Crippen LogP contribution in [-0.2, 0) is 28.5 Å². The van der Waals surface area contributed by atoms with Gasteiger partial charge in [-0.05, 0) is 27.2 Å². The van der Waals surface area contributed by atoms with E-state index in [2.05, 4.69) is 0 Å². The van der Waals surface area contributed by atoms with Crippen LogP contribution >= 0.6 is 11.6 Å². The first-order valence-corrected chi connectivity index (χ1v) is 8.03. The summed E-state index contributed by atoms with van der Waals surface area (Å²) in [6.45, 7) is 7.13. The van der Waals surface area contributed by atoms with Gasteiger partial charge in [-0.3, -0.25) is 0 Å². The van der Waals surface area contributed by atoms with Crippen molar-refractivity contribution in [3.63, 3.8) is 0 Å². The van der Waals surface area contributed by atoms with Gasteiger partial charge in [0.15, 0.2) is 5.60 Å². The lowest BCUT2D eigenvalue weighted by Crippen LogP contribution is -2.42. The van der Waals surface area contributed by atoms with Gasteiger partial charge in [0.25, 0.3) is 0 Å². The number of methoxy groups -OCH3 is 1. The van der Waals surface area contributed by atoms with Crippen LogP contribution in [0.4, 0.5) is 4.79 Å². The van der Waals surface area contributed by atoms with Crippen molar-refractivity contribution in [2.24, 2.45) is 0 Å². The Hall–Kier alpha value is -1.05. The third-order valence-electron chi connectivity index (χ3n) is 2.83. The molecule has 0 fully saturated rings. The summed E-state index contributed by atoms with van der Waals surface area (Å²) >= 11 is 5.54. The minimum absolute atomic E-state index is 0.0287. The van der Waals surface area contributed by atoms with Crippen molar-refractivity contribution >= 4 is 23.7 Å². The molecule has 0 saturated heterocycles. The van der Waals surface area contributed by atoms with Crippen LogP contribution < -0.4 is 0 Å². The fourth-order valence-electron chi connectivity index (χ4n) is 1.48. The Morgan fingerprint density at radius 2 is 1.83 bits per heavy atom. The number of hydrogen-bond acceptors (Lipinski definition) is 7. The molecule has 0 heterocycles. The van der Waals surface area contributed by atoms with Gasteiger partial charge >= 0.3 is 12.1 Å². The Labute approximate surface area is 142 Å². The van der Waals surface area contributed by atoms with Gasteiger partial charge in [-0.1, -0.05) is 6.92 Å². The summed E-state index contributed by atoms with van der Waals surface area (Å²) in [5.41, 5.74) is -1.16. The molecule has 0 aliphatic heterocycles. The smallest absolute Gasteiger partial charge is 0.461 e. The van der Waals surface area contributed by atoms with E-state index in [9.17, 15) is 9.59 Å². The van der Waals surface area contributed by atoms with Crippen LogP contribution in [-0.4, -0.2) is 62.7 Å². The highest BCUT2D eigenvalue weighted by Crippen LogP contribution is 2.17. The molecule has 0 aromatic heterocycles. The Balaban J connectivity index is 4.33. The molecule has 136 valence electrons. The third-order valence-corrected chi connectivity index (χ3v) is 3.27. The van der Waals surface area contributed by atoms with E-state index in [1.165, 1.54) is 7.11 Å². The largest absolute Gasteiger partial charge is 0.508 e. The summed E-state index contributed by atoms with van der Waals surface area (Å²) in [6.07, 6.45) is -1.16. The van der Waals surface area contributed by atoms with Crippen LogP contribution in [0.3, 0.4) is 0 Å². The van der Waals surface area contributed by atoms with E-state index >= 15 is 0 Å². The molecule has 0 N–H and O–H groups in total. The molecular weight excluding hydrogens is 328 g/mol. The van der Waals surface area contributed by atoms with Crippen molar-refractivity contribution in [2.45, 2.75) is 51.9 Å². The van der Waals surface area contributed by atoms with E-state index in [0.717, 1.165) is 0 Å². The molecule has 0 aliphatic carbocycles. The molecule has 0 aromatic rings. The van der Waals surface area contributed by atoms with E-state index in [0.29, 0.717) is 13.0 Å². The van der Waals surface area contributed by atoms with Crippen molar-refractivity contribution in [1.29, 1.82) is 0 Å². The molecule has 0 radical (unpaired) electrons. The highest BCUT2D eigenvalue weighted by Gasteiger charge is 2.33. The standard InChI is InChI=1S/C15H27ClO7/c1-6-12(10-21-14(18)22-11(2)9-16)23-15(3,4)13(17)20-8-7-19-5/h11-12H,6-10H2,1-5H3. The van der Waals surface area contributed by atoms with Crippen LogP contribution in [0, 0.1) is 0 Å². The molecule has 2 atom stereocenters. The molecule has 0 bridgehead atoms. The SMILES string of the molecule is CCC(COC(=O)OC(C)CCl)OC(C)(C)C(=O)OCCOC. The second-order valence-electron chi connectivity index (χ2n) is 5.43. The summed E-state index contributed by atoms with van der Waals surface area (Å²) in [4.78, 5) is 23.4. The van der Waals surface area contributed by atoms with Crippen LogP contribution in [0.5, 0.6) is 0 Å². The number of rotatable bonds is 11. The number of esters is 1. The maximum atomic E-state index is 12.0. The fraction of sp³-hybridized carbons (Fsp3) is 0.867. The third kappa shape index (κ3) is 9.63. The molecule has 0 saturated carbocycles. The first-order valence-electron chi connectivity index (χ1n) is 7.50. The first kappa shape index (κ1) is 21.9. The van der Waals surface area contributed by atoms with Crippen LogP contribution in [0.2, 0.25) is 0 Å². The average molecular weight is 355 g/mol. The molecule has 0 aromatic carbocycles. The quantitative estimate of drug-likeness (QED) is 0.320. The molecule has 0 aliphatic rings. The summed E-state index contributed by atoms with van der Waals surface area (Å²) in [5, 5.41) is 0. The number of carbonyl (C=O) groups is 2. The van der Waals surface area contributed by atoms with E-state index < -0.39 is 29.9 Å². The summed E-state index contributed by atoms with van der Waals surface area (Å²) in [5.74, 6) is -0.324. The van der Waals surface area contributed by atoms with Gasteiger partial charge in [-0.15, -0.1) is 11.6 Å². The van der Waals surface area contributed by atoms with Gasteiger partial charge in [0.1, 0.15) is 19.3 Å². The maximum absolute atomic E-state index is 12.0. The number of carbonyl (C=O) groups excluding carboxylic acids is 2.